The number of nitrogens with two attached hydrogens (primary N) is 1. The van der Waals surface area contributed by atoms with Crippen LogP contribution in [0.15, 0.2) is 4.52 Å². The number of hydrogen-bond acceptors (Lipinski definition) is 5. The van der Waals surface area contributed by atoms with Gasteiger partial charge in [0.15, 0.2) is 0 Å². The quantitative estimate of drug-likeness (QED) is 0.873. The third kappa shape index (κ3) is 3.83. The van der Waals surface area contributed by atoms with Crippen LogP contribution in [0.4, 0.5) is 0 Å². The van der Waals surface area contributed by atoms with E-state index in [0.29, 0.717) is 36.6 Å². The molecule has 0 saturated heterocycles. The van der Waals surface area contributed by atoms with E-state index in [1.54, 1.807) is 0 Å². The smallest absolute Gasteiger partial charge is 0.228 e. The molecule has 120 valence electrons. The van der Waals surface area contributed by atoms with Crippen molar-refractivity contribution in [2.24, 2.45) is 17.6 Å². The third-order valence-electron chi connectivity index (χ3n) is 4.52. The predicted molar refractivity (Wildman–Crippen MR) is 81.8 cm³/mol. The highest BCUT2D eigenvalue weighted by atomic mass is 16.5. The summed E-state index contributed by atoms with van der Waals surface area (Å²) in [6, 6.07) is 0.0478. The fraction of sp³-hybridized carbons (Fsp3) is 0.875. The van der Waals surface area contributed by atoms with Crippen molar-refractivity contribution in [3.63, 3.8) is 0 Å². The van der Waals surface area contributed by atoms with Crippen LogP contribution >= 0.6 is 0 Å². The first kappa shape index (κ1) is 16.4. The summed E-state index contributed by atoms with van der Waals surface area (Å²) in [5.41, 5.74) is 5.73. The molecule has 2 rings (SSSR count). The van der Waals surface area contributed by atoms with Gasteiger partial charge in [0.05, 0.1) is 0 Å². The van der Waals surface area contributed by atoms with E-state index in [1.807, 2.05) is 6.92 Å². The van der Waals surface area contributed by atoms with Gasteiger partial charge in [-0.3, -0.25) is 0 Å². The van der Waals surface area contributed by atoms with Crippen LogP contribution in [-0.4, -0.2) is 22.8 Å². The van der Waals surface area contributed by atoms with E-state index in [2.05, 4.69) is 30.9 Å². The largest absolute Gasteiger partial charge is 0.367 e. The Morgan fingerprint density at radius 1 is 1.48 bits per heavy atom. The molecule has 1 aliphatic rings. The molecule has 1 heterocycles. The first-order valence-electron chi connectivity index (χ1n) is 8.19. The van der Waals surface area contributed by atoms with Crippen molar-refractivity contribution in [1.29, 1.82) is 0 Å². The molecular weight excluding hydrogens is 266 g/mol. The maximum Gasteiger partial charge on any atom is 0.228 e. The predicted octanol–water partition coefficient (Wildman–Crippen LogP) is 3.04. The molecule has 3 atom stereocenters. The summed E-state index contributed by atoms with van der Waals surface area (Å²) in [6.45, 7) is 9.17. The summed E-state index contributed by atoms with van der Waals surface area (Å²) >= 11 is 0. The topological polar surface area (TPSA) is 74.2 Å². The maximum absolute atomic E-state index is 6.09. The summed E-state index contributed by atoms with van der Waals surface area (Å²) < 4.78 is 11.5. The lowest BCUT2D eigenvalue weighted by molar-refractivity contribution is -0.0891. The van der Waals surface area contributed by atoms with Crippen molar-refractivity contribution in [2.75, 3.05) is 6.61 Å². The fourth-order valence-electron chi connectivity index (χ4n) is 3.14. The minimum absolute atomic E-state index is 0.0478. The molecule has 1 aromatic rings. The van der Waals surface area contributed by atoms with Crippen molar-refractivity contribution in [1.82, 2.24) is 10.1 Å². The Bertz CT molecular complexity index is 442. The normalized spacial score (nSPS) is 28.0. The fourth-order valence-corrected chi connectivity index (χ4v) is 3.14. The summed E-state index contributed by atoms with van der Waals surface area (Å²) in [4.78, 5) is 4.60. The molecule has 0 bridgehead atoms. The van der Waals surface area contributed by atoms with E-state index in [4.69, 9.17) is 15.0 Å². The van der Waals surface area contributed by atoms with Crippen molar-refractivity contribution in [2.45, 2.75) is 71.4 Å². The van der Waals surface area contributed by atoms with Crippen LogP contribution in [0, 0.1) is 11.8 Å². The summed E-state index contributed by atoms with van der Waals surface area (Å²) in [6.07, 6.45) is 4.97. The van der Waals surface area contributed by atoms with Crippen LogP contribution in [0.3, 0.4) is 0 Å². The zero-order chi connectivity index (χ0) is 15.5. The molecule has 1 fully saturated rings. The second-order valence-corrected chi connectivity index (χ2v) is 6.75. The van der Waals surface area contributed by atoms with Gasteiger partial charge in [0.1, 0.15) is 5.60 Å². The van der Waals surface area contributed by atoms with Crippen LogP contribution in [0.25, 0.3) is 0 Å². The van der Waals surface area contributed by atoms with Crippen molar-refractivity contribution >= 4 is 0 Å². The van der Waals surface area contributed by atoms with Gasteiger partial charge in [-0.1, -0.05) is 32.3 Å². The minimum Gasteiger partial charge on any atom is -0.367 e. The molecule has 1 aromatic heterocycles. The second kappa shape index (κ2) is 6.88. The Balaban J connectivity index is 2.16. The first-order valence-corrected chi connectivity index (χ1v) is 8.19. The Labute approximate surface area is 127 Å². The first-order chi connectivity index (χ1) is 9.97. The van der Waals surface area contributed by atoms with Crippen molar-refractivity contribution in [3.05, 3.63) is 11.7 Å². The molecule has 21 heavy (non-hydrogen) atoms. The van der Waals surface area contributed by atoms with Gasteiger partial charge < -0.3 is 15.0 Å². The molecule has 1 aliphatic carbocycles. The summed E-state index contributed by atoms with van der Waals surface area (Å²) in [5.74, 6) is 2.37. The molecule has 5 nitrogen and oxygen atoms in total. The minimum atomic E-state index is -0.365. The SMILES string of the molecule is CCOC1(c2noc(CC(N)C(C)C)n2)CCCC(C)C1. The number of nitrogens with zero attached hydrogens (tertiary/aromatic N) is 2. The lowest BCUT2D eigenvalue weighted by Gasteiger charge is -2.37. The monoisotopic (exact) mass is 295 g/mol. The van der Waals surface area contributed by atoms with Gasteiger partial charge in [-0.25, -0.2) is 0 Å². The Morgan fingerprint density at radius 2 is 2.24 bits per heavy atom. The lowest BCUT2D eigenvalue weighted by Crippen LogP contribution is -2.36. The van der Waals surface area contributed by atoms with Crippen LogP contribution < -0.4 is 5.73 Å². The van der Waals surface area contributed by atoms with Crippen LogP contribution in [0.2, 0.25) is 0 Å². The van der Waals surface area contributed by atoms with E-state index in [1.165, 1.54) is 6.42 Å². The van der Waals surface area contributed by atoms with Crippen LogP contribution in [0.1, 0.15) is 65.1 Å². The van der Waals surface area contributed by atoms with Gasteiger partial charge in [0.2, 0.25) is 11.7 Å². The average molecular weight is 295 g/mol. The van der Waals surface area contributed by atoms with Crippen molar-refractivity contribution < 1.29 is 9.26 Å². The average Bonchev–Trinajstić information content (AvgIpc) is 2.88. The van der Waals surface area contributed by atoms with E-state index < -0.39 is 0 Å². The molecule has 5 heteroatoms. The van der Waals surface area contributed by atoms with Gasteiger partial charge in [-0.15, -0.1) is 0 Å². The highest BCUT2D eigenvalue weighted by Crippen LogP contribution is 2.41. The molecular formula is C16H29N3O2. The maximum atomic E-state index is 6.09. The van der Waals surface area contributed by atoms with Crippen molar-refractivity contribution in [3.8, 4) is 0 Å². The molecule has 0 spiro atoms. The Kier molecular flexibility index (Phi) is 5.38. The molecule has 3 unspecified atom stereocenters. The Morgan fingerprint density at radius 3 is 2.86 bits per heavy atom. The lowest BCUT2D eigenvalue weighted by atomic mass is 9.78. The van der Waals surface area contributed by atoms with Gasteiger partial charge >= 0.3 is 0 Å². The van der Waals surface area contributed by atoms with E-state index >= 15 is 0 Å². The van der Waals surface area contributed by atoms with E-state index in [9.17, 15) is 0 Å². The second-order valence-electron chi connectivity index (χ2n) is 6.75. The Hall–Kier alpha value is -0.940. The van der Waals surface area contributed by atoms with E-state index in [-0.39, 0.29) is 11.6 Å². The summed E-state index contributed by atoms with van der Waals surface area (Å²) in [5, 5.41) is 4.21. The molecule has 2 N–H and O–H groups in total. The number of ether oxygens (including phenoxy) is 1. The third-order valence-corrected chi connectivity index (χ3v) is 4.52. The van der Waals surface area contributed by atoms with E-state index in [0.717, 1.165) is 19.3 Å². The van der Waals surface area contributed by atoms with Gasteiger partial charge in [0, 0.05) is 19.1 Å². The standard InChI is InChI=1S/C16H29N3O2/c1-5-20-16(8-6-7-12(4)10-16)15-18-14(21-19-15)9-13(17)11(2)3/h11-13H,5-10,17H2,1-4H3. The summed E-state index contributed by atoms with van der Waals surface area (Å²) in [7, 11) is 0. The van der Waals surface area contributed by atoms with Gasteiger partial charge in [-0.05, 0) is 38.0 Å². The highest BCUT2D eigenvalue weighted by molar-refractivity contribution is 5.05. The number of aromatic nitrogens is 2. The number of hydrogen-bond donors (Lipinski definition) is 1. The van der Waals surface area contributed by atoms with Gasteiger partial charge in [-0.2, -0.15) is 4.98 Å². The molecule has 0 radical (unpaired) electrons. The zero-order valence-electron chi connectivity index (χ0n) is 13.8. The highest BCUT2D eigenvalue weighted by Gasteiger charge is 2.41. The van der Waals surface area contributed by atoms with Gasteiger partial charge in [0.25, 0.3) is 0 Å². The molecule has 1 saturated carbocycles. The molecule has 0 amide bonds. The number of rotatable bonds is 6. The molecule has 0 aromatic carbocycles. The molecule has 0 aliphatic heterocycles. The zero-order valence-corrected chi connectivity index (χ0v) is 13.8. The van der Waals surface area contributed by atoms with Crippen LogP contribution in [-0.2, 0) is 16.8 Å². The van der Waals surface area contributed by atoms with Crippen LogP contribution in [0.5, 0.6) is 0 Å².